The molecule has 2 atom stereocenters. The van der Waals surface area contributed by atoms with Crippen molar-refractivity contribution in [1.82, 2.24) is 14.7 Å². The van der Waals surface area contributed by atoms with Gasteiger partial charge in [0.15, 0.2) is 0 Å². The van der Waals surface area contributed by atoms with Crippen molar-refractivity contribution in [3.05, 3.63) is 35.5 Å². The quantitative estimate of drug-likeness (QED) is 0.921. The second-order valence-corrected chi connectivity index (χ2v) is 6.65. The van der Waals surface area contributed by atoms with Crippen molar-refractivity contribution < 1.29 is 9.21 Å². The summed E-state index contributed by atoms with van der Waals surface area (Å²) >= 11 is 0. The fraction of sp³-hybridized carbons (Fsp3) is 0.556. The molecule has 0 saturated carbocycles. The third kappa shape index (κ3) is 3.05. The molecule has 1 aliphatic rings. The molecule has 130 valence electrons. The number of urea groups is 1. The van der Waals surface area contributed by atoms with Gasteiger partial charge in [0.2, 0.25) is 0 Å². The number of rotatable bonds is 3. The zero-order valence-electron chi connectivity index (χ0n) is 14.9. The minimum Gasteiger partial charge on any atom is -0.467 e. The molecule has 0 aliphatic carbocycles. The van der Waals surface area contributed by atoms with Gasteiger partial charge in [0, 0.05) is 13.1 Å². The molecule has 24 heavy (non-hydrogen) atoms. The van der Waals surface area contributed by atoms with Crippen molar-refractivity contribution in [2.45, 2.75) is 53.1 Å². The van der Waals surface area contributed by atoms with Crippen LogP contribution in [0.1, 0.15) is 49.9 Å². The number of furan rings is 1. The number of likely N-dealkylation sites (tertiary alicyclic amines) is 1. The molecule has 0 spiro atoms. The van der Waals surface area contributed by atoms with Gasteiger partial charge in [0.25, 0.3) is 0 Å². The normalized spacial score (nSPS) is 21.1. The molecule has 1 saturated heterocycles. The molecule has 2 aromatic heterocycles. The summed E-state index contributed by atoms with van der Waals surface area (Å²) in [6, 6.07) is 3.74. The van der Waals surface area contributed by atoms with Crippen molar-refractivity contribution in [1.29, 1.82) is 0 Å². The van der Waals surface area contributed by atoms with Crippen LogP contribution in [-0.2, 0) is 6.54 Å². The van der Waals surface area contributed by atoms with Gasteiger partial charge < -0.3 is 14.6 Å². The first-order valence-electron chi connectivity index (χ1n) is 8.66. The summed E-state index contributed by atoms with van der Waals surface area (Å²) in [5, 5.41) is 7.54. The first-order chi connectivity index (χ1) is 11.5. The summed E-state index contributed by atoms with van der Waals surface area (Å²) in [5.74, 6) is 1.44. The van der Waals surface area contributed by atoms with Crippen LogP contribution in [0.2, 0.25) is 0 Å². The van der Waals surface area contributed by atoms with E-state index < -0.39 is 0 Å². The minimum atomic E-state index is -0.0786. The first kappa shape index (κ1) is 16.6. The largest absolute Gasteiger partial charge is 0.467 e. The molecule has 1 N–H and O–H groups in total. The Morgan fingerprint density at radius 3 is 2.88 bits per heavy atom. The Morgan fingerprint density at radius 2 is 2.25 bits per heavy atom. The van der Waals surface area contributed by atoms with Crippen LogP contribution in [0, 0.1) is 19.8 Å². The lowest BCUT2D eigenvalue weighted by Crippen LogP contribution is -2.43. The van der Waals surface area contributed by atoms with Crippen molar-refractivity contribution in [3.63, 3.8) is 0 Å². The molecule has 2 aromatic rings. The van der Waals surface area contributed by atoms with E-state index in [1.807, 2.05) is 42.5 Å². The average molecular weight is 330 g/mol. The lowest BCUT2D eigenvalue weighted by molar-refractivity contribution is 0.129. The standard InChI is InChI=1S/C18H26N4O2/c1-5-22-14(4)17(13(3)20-22)19-18(23)21-9-8-12(2)11-15(21)16-7-6-10-24-16/h6-7,10,12,15H,5,8-9,11H2,1-4H3,(H,19,23)/t12-,15-/m1/s1. The molecule has 0 bridgehead atoms. The molecule has 0 aromatic carbocycles. The minimum absolute atomic E-state index is 0.00872. The maximum absolute atomic E-state index is 12.9. The maximum Gasteiger partial charge on any atom is 0.322 e. The molecule has 2 amide bonds. The van der Waals surface area contributed by atoms with Gasteiger partial charge >= 0.3 is 6.03 Å². The van der Waals surface area contributed by atoms with Gasteiger partial charge in [-0.2, -0.15) is 5.10 Å². The lowest BCUT2D eigenvalue weighted by atomic mass is 9.91. The van der Waals surface area contributed by atoms with Crippen molar-refractivity contribution in [2.24, 2.45) is 5.92 Å². The Kier molecular flexibility index (Phi) is 4.64. The molecule has 1 aliphatic heterocycles. The van der Waals surface area contributed by atoms with Crippen LogP contribution in [0.4, 0.5) is 10.5 Å². The van der Waals surface area contributed by atoms with Gasteiger partial charge in [-0.3, -0.25) is 4.68 Å². The van der Waals surface area contributed by atoms with E-state index in [1.54, 1.807) is 6.26 Å². The molecule has 6 heteroatoms. The van der Waals surface area contributed by atoms with Gasteiger partial charge in [-0.25, -0.2) is 4.79 Å². The number of nitrogens with zero attached hydrogens (tertiary/aromatic N) is 3. The second kappa shape index (κ2) is 6.71. The van der Waals surface area contributed by atoms with Crippen LogP contribution >= 0.6 is 0 Å². The Bertz CT molecular complexity index is 705. The number of nitrogens with one attached hydrogen (secondary N) is 1. The van der Waals surface area contributed by atoms with Gasteiger partial charge in [0.05, 0.1) is 29.4 Å². The monoisotopic (exact) mass is 330 g/mol. The fourth-order valence-corrected chi connectivity index (χ4v) is 3.50. The summed E-state index contributed by atoms with van der Waals surface area (Å²) < 4.78 is 7.49. The summed E-state index contributed by atoms with van der Waals surface area (Å²) in [5.41, 5.74) is 2.66. The van der Waals surface area contributed by atoms with E-state index in [4.69, 9.17) is 4.42 Å². The number of piperidine rings is 1. The highest BCUT2D eigenvalue weighted by molar-refractivity contribution is 5.91. The molecular formula is C18H26N4O2. The number of aryl methyl sites for hydroxylation is 2. The van der Waals surface area contributed by atoms with Crippen LogP contribution in [0.25, 0.3) is 0 Å². The van der Waals surface area contributed by atoms with Crippen molar-refractivity contribution in [2.75, 3.05) is 11.9 Å². The van der Waals surface area contributed by atoms with Crippen LogP contribution in [0.5, 0.6) is 0 Å². The number of amides is 2. The van der Waals surface area contributed by atoms with Crippen LogP contribution in [0.15, 0.2) is 22.8 Å². The molecule has 0 radical (unpaired) electrons. The molecule has 6 nitrogen and oxygen atoms in total. The van der Waals surface area contributed by atoms with Crippen molar-refractivity contribution in [3.8, 4) is 0 Å². The van der Waals surface area contributed by atoms with Gasteiger partial charge in [0.1, 0.15) is 5.76 Å². The number of aromatic nitrogens is 2. The molecular weight excluding hydrogens is 304 g/mol. The highest BCUT2D eigenvalue weighted by Crippen LogP contribution is 2.35. The molecule has 0 unspecified atom stereocenters. The van der Waals surface area contributed by atoms with Crippen molar-refractivity contribution >= 4 is 11.7 Å². The number of carbonyl (C=O) groups excluding carboxylic acids is 1. The number of anilines is 1. The molecule has 1 fully saturated rings. The second-order valence-electron chi connectivity index (χ2n) is 6.65. The Morgan fingerprint density at radius 1 is 1.46 bits per heavy atom. The SMILES string of the molecule is CCn1nc(C)c(NC(=O)N2CC[C@@H](C)C[C@@H]2c2ccco2)c1C. The Balaban J connectivity index is 1.81. The molecule has 3 heterocycles. The van der Waals surface area contributed by atoms with Gasteiger partial charge in [-0.15, -0.1) is 0 Å². The highest BCUT2D eigenvalue weighted by Gasteiger charge is 2.33. The van der Waals surface area contributed by atoms with E-state index in [-0.39, 0.29) is 12.1 Å². The summed E-state index contributed by atoms with van der Waals surface area (Å²) in [7, 11) is 0. The van der Waals surface area contributed by atoms with Gasteiger partial charge in [-0.05, 0) is 51.7 Å². The average Bonchev–Trinajstić information content (AvgIpc) is 3.18. The smallest absolute Gasteiger partial charge is 0.322 e. The topological polar surface area (TPSA) is 63.3 Å². The van der Waals surface area contributed by atoms with E-state index in [0.717, 1.165) is 48.8 Å². The first-order valence-corrected chi connectivity index (χ1v) is 8.66. The summed E-state index contributed by atoms with van der Waals surface area (Å²) in [4.78, 5) is 14.8. The van der Waals surface area contributed by atoms with E-state index >= 15 is 0 Å². The van der Waals surface area contributed by atoms with Gasteiger partial charge in [-0.1, -0.05) is 6.92 Å². The summed E-state index contributed by atoms with van der Waals surface area (Å²) in [6.45, 7) is 9.71. The van der Waals surface area contributed by atoms with E-state index in [9.17, 15) is 4.79 Å². The highest BCUT2D eigenvalue weighted by atomic mass is 16.3. The fourth-order valence-electron chi connectivity index (χ4n) is 3.50. The van der Waals surface area contributed by atoms with E-state index in [1.165, 1.54) is 0 Å². The molecule has 3 rings (SSSR count). The van der Waals surface area contributed by atoms with Crippen LogP contribution < -0.4 is 5.32 Å². The number of carbonyl (C=O) groups is 1. The number of hydrogen-bond donors (Lipinski definition) is 1. The lowest BCUT2D eigenvalue weighted by Gasteiger charge is -2.37. The predicted octanol–water partition coefficient (Wildman–Crippen LogP) is 4.12. The van der Waals surface area contributed by atoms with Crippen LogP contribution in [0.3, 0.4) is 0 Å². The zero-order chi connectivity index (χ0) is 17.3. The van der Waals surface area contributed by atoms with Crippen LogP contribution in [-0.4, -0.2) is 27.3 Å². The predicted molar refractivity (Wildman–Crippen MR) is 92.9 cm³/mol. The van der Waals surface area contributed by atoms with E-state index in [2.05, 4.69) is 17.3 Å². The van der Waals surface area contributed by atoms with E-state index in [0.29, 0.717) is 5.92 Å². The zero-order valence-corrected chi connectivity index (χ0v) is 14.9. The third-order valence-electron chi connectivity index (χ3n) is 4.91. The number of hydrogen-bond acceptors (Lipinski definition) is 3. The summed E-state index contributed by atoms with van der Waals surface area (Å²) in [6.07, 6.45) is 3.61. The maximum atomic E-state index is 12.9. The Labute approximate surface area is 142 Å². The third-order valence-corrected chi connectivity index (χ3v) is 4.91. The Hall–Kier alpha value is -2.24.